The van der Waals surface area contributed by atoms with E-state index in [0.717, 1.165) is 19.3 Å². The van der Waals surface area contributed by atoms with E-state index in [2.05, 4.69) is 13.8 Å². The summed E-state index contributed by atoms with van der Waals surface area (Å²) in [6, 6.07) is 0. The van der Waals surface area contributed by atoms with E-state index in [1.54, 1.807) is 6.92 Å². The molecule has 1 fully saturated rings. The van der Waals surface area contributed by atoms with Crippen molar-refractivity contribution in [3.8, 4) is 0 Å². The summed E-state index contributed by atoms with van der Waals surface area (Å²) in [7, 11) is 0. The molecule has 0 aromatic heterocycles. The topological polar surface area (TPSA) is 63.6 Å². The third-order valence-electron chi connectivity index (χ3n) is 4.63. The average Bonchev–Trinajstić information content (AvgIpc) is 2.34. The van der Waals surface area contributed by atoms with Crippen molar-refractivity contribution < 1.29 is 19.4 Å². The largest absolute Gasteiger partial charge is 0.480 e. The Morgan fingerprint density at radius 1 is 1.19 bits per heavy atom. The van der Waals surface area contributed by atoms with Gasteiger partial charge in [-0.15, -0.1) is 0 Å². The van der Waals surface area contributed by atoms with E-state index >= 15 is 0 Å². The molecule has 1 N–H and O–H groups in total. The smallest absolute Gasteiger partial charge is 0.323 e. The first-order chi connectivity index (χ1) is 9.73. The van der Waals surface area contributed by atoms with E-state index in [0.29, 0.717) is 18.3 Å². The molecule has 1 rings (SSSR count). The van der Waals surface area contributed by atoms with Crippen LogP contribution in [0.1, 0.15) is 60.3 Å². The van der Waals surface area contributed by atoms with E-state index in [1.807, 2.05) is 13.8 Å². The molecule has 1 saturated carbocycles. The highest BCUT2D eigenvalue weighted by atomic mass is 16.5. The van der Waals surface area contributed by atoms with E-state index in [-0.39, 0.29) is 18.4 Å². The number of carbonyl (C=O) groups is 2. The van der Waals surface area contributed by atoms with Crippen molar-refractivity contribution in [2.24, 2.45) is 29.1 Å². The van der Waals surface area contributed by atoms with Crippen LogP contribution in [0.2, 0.25) is 0 Å². The summed E-state index contributed by atoms with van der Waals surface area (Å²) in [5.41, 5.74) is -1.38. The molecule has 4 heteroatoms. The van der Waals surface area contributed by atoms with Crippen molar-refractivity contribution in [3.63, 3.8) is 0 Å². The molecule has 0 aliphatic heterocycles. The van der Waals surface area contributed by atoms with Crippen molar-refractivity contribution in [3.05, 3.63) is 0 Å². The van der Waals surface area contributed by atoms with Gasteiger partial charge in [0.1, 0.15) is 0 Å². The van der Waals surface area contributed by atoms with Gasteiger partial charge in [0.15, 0.2) is 5.41 Å². The van der Waals surface area contributed by atoms with Crippen molar-refractivity contribution in [1.29, 1.82) is 0 Å². The normalized spacial score (nSPS) is 29.0. The Kier molecular flexibility index (Phi) is 6.24. The number of carbonyl (C=O) groups excluding carboxylic acids is 1. The maximum atomic E-state index is 12.6. The van der Waals surface area contributed by atoms with Gasteiger partial charge in [0.25, 0.3) is 0 Å². The fraction of sp³-hybridized carbons (Fsp3) is 0.882. The summed E-state index contributed by atoms with van der Waals surface area (Å²) in [6.45, 7) is 10.2. The van der Waals surface area contributed by atoms with Crippen LogP contribution in [0.25, 0.3) is 0 Å². The zero-order valence-corrected chi connectivity index (χ0v) is 14.0. The average molecular weight is 298 g/mol. The SMILES string of the molecule is CCOC(=O)C(CC(C)C)(C(=O)O)C1CC(C)CC(C)C1. The Hall–Kier alpha value is -1.06. The molecule has 122 valence electrons. The molecule has 0 radical (unpaired) electrons. The number of carboxylic acids is 1. The Morgan fingerprint density at radius 2 is 1.71 bits per heavy atom. The quantitative estimate of drug-likeness (QED) is 0.599. The van der Waals surface area contributed by atoms with Crippen LogP contribution >= 0.6 is 0 Å². The molecule has 0 aromatic rings. The molecule has 1 aliphatic rings. The summed E-state index contributed by atoms with van der Waals surface area (Å²) >= 11 is 0. The number of rotatable bonds is 6. The highest BCUT2D eigenvalue weighted by Gasteiger charge is 2.55. The zero-order valence-electron chi connectivity index (χ0n) is 14.0. The monoisotopic (exact) mass is 298 g/mol. The summed E-state index contributed by atoms with van der Waals surface area (Å²) in [6.07, 6.45) is 3.05. The molecule has 0 aromatic carbocycles. The third-order valence-corrected chi connectivity index (χ3v) is 4.63. The maximum Gasteiger partial charge on any atom is 0.323 e. The highest BCUT2D eigenvalue weighted by molar-refractivity contribution is 5.99. The van der Waals surface area contributed by atoms with Gasteiger partial charge >= 0.3 is 11.9 Å². The van der Waals surface area contributed by atoms with Gasteiger partial charge in [0.05, 0.1) is 6.61 Å². The molecule has 1 aliphatic carbocycles. The van der Waals surface area contributed by atoms with Crippen LogP contribution in [0.15, 0.2) is 0 Å². The Balaban J connectivity index is 3.20. The lowest BCUT2D eigenvalue weighted by Crippen LogP contribution is -2.49. The molecule has 3 unspecified atom stereocenters. The lowest BCUT2D eigenvalue weighted by atomic mass is 9.61. The van der Waals surface area contributed by atoms with Crippen molar-refractivity contribution >= 4 is 11.9 Å². The van der Waals surface area contributed by atoms with Crippen LogP contribution in [-0.2, 0) is 14.3 Å². The van der Waals surface area contributed by atoms with Gasteiger partial charge in [-0.2, -0.15) is 0 Å². The molecule has 0 bridgehead atoms. The Morgan fingerprint density at radius 3 is 2.10 bits per heavy atom. The molecule has 0 heterocycles. The summed E-state index contributed by atoms with van der Waals surface area (Å²) in [5.74, 6) is -0.634. The second-order valence-corrected chi connectivity index (χ2v) is 7.21. The van der Waals surface area contributed by atoms with E-state index in [4.69, 9.17) is 4.74 Å². The summed E-state index contributed by atoms with van der Waals surface area (Å²) < 4.78 is 5.17. The van der Waals surface area contributed by atoms with Gasteiger partial charge in [-0.25, -0.2) is 0 Å². The van der Waals surface area contributed by atoms with E-state index < -0.39 is 17.4 Å². The molecule has 3 atom stereocenters. The van der Waals surface area contributed by atoms with Gasteiger partial charge in [-0.3, -0.25) is 9.59 Å². The minimum atomic E-state index is -1.38. The van der Waals surface area contributed by atoms with Crippen LogP contribution < -0.4 is 0 Å². The first kappa shape index (κ1) is 18.0. The second-order valence-electron chi connectivity index (χ2n) is 7.21. The van der Waals surface area contributed by atoms with E-state index in [9.17, 15) is 14.7 Å². The first-order valence-electron chi connectivity index (χ1n) is 8.14. The molecular formula is C17H30O4. The standard InChI is InChI=1S/C17H30O4/c1-6-21-16(20)17(15(18)19,10-11(2)3)14-8-12(4)7-13(5)9-14/h11-14H,6-10H2,1-5H3,(H,18,19). The predicted octanol–water partition coefficient (Wildman–Crippen LogP) is 3.74. The molecular weight excluding hydrogens is 268 g/mol. The van der Waals surface area contributed by atoms with Crippen LogP contribution in [0.5, 0.6) is 0 Å². The van der Waals surface area contributed by atoms with Crippen LogP contribution in [0, 0.1) is 29.1 Å². The lowest BCUT2D eigenvalue weighted by molar-refractivity contribution is -0.177. The summed E-state index contributed by atoms with van der Waals surface area (Å²) in [5, 5.41) is 9.89. The minimum absolute atomic E-state index is 0.129. The van der Waals surface area contributed by atoms with E-state index in [1.165, 1.54) is 0 Å². The number of hydrogen-bond donors (Lipinski definition) is 1. The van der Waals surface area contributed by atoms with Gasteiger partial charge in [0.2, 0.25) is 0 Å². The van der Waals surface area contributed by atoms with Gasteiger partial charge < -0.3 is 9.84 Å². The highest BCUT2D eigenvalue weighted by Crippen LogP contribution is 2.47. The fourth-order valence-corrected chi connectivity index (χ4v) is 4.02. The second kappa shape index (κ2) is 7.28. The predicted molar refractivity (Wildman–Crippen MR) is 81.8 cm³/mol. The van der Waals surface area contributed by atoms with Crippen molar-refractivity contribution in [2.45, 2.75) is 60.3 Å². The van der Waals surface area contributed by atoms with Gasteiger partial charge in [-0.05, 0) is 56.3 Å². The van der Waals surface area contributed by atoms with Crippen molar-refractivity contribution in [2.75, 3.05) is 6.61 Å². The van der Waals surface area contributed by atoms with Crippen LogP contribution in [0.4, 0.5) is 0 Å². The van der Waals surface area contributed by atoms with Crippen LogP contribution in [-0.4, -0.2) is 23.7 Å². The van der Waals surface area contributed by atoms with Crippen molar-refractivity contribution in [1.82, 2.24) is 0 Å². The zero-order chi connectivity index (χ0) is 16.2. The van der Waals surface area contributed by atoms with Gasteiger partial charge in [-0.1, -0.05) is 27.7 Å². The summed E-state index contributed by atoms with van der Waals surface area (Å²) in [4.78, 5) is 24.6. The first-order valence-corrected chi connectivity index (χ1v) is 8.14. The maximum absolute atomic E-state index is 12.6. The Bertz CT molecular complexity index is 367. The van der Waals surface area contributed by atoms with Crippen LogP contribution in [0.3, 0.4) is 0 Å². The molecule has 21 heavy (non-hydrogen) atoms. The van der Waals surface area contributed by atoms with Gasteiger partial charge in [0, 0.05) is 0 Å². The third kappa shape index (κ3) is 3.98. The lowest BCUT2D eigenvalue weighted by Gasteiger charge is -2.42. The molecule has 0 spiro atoms. The minimum Gasteiger partial charge on any atom is -0.480 e. The fourth-order valence-electron chi connectivity index (χ4n) is 4.02. The number of esters is 1. The number of carboxylic acid groups (broad SMARTS) is 1. The molecule has 0 amide bonds. The molecule has 4 nitrogen and oxygen atoms in total. The number of aliphatic carboxylic acids is 1. The Labute approximate surface area is 128 Å². The number of hydrogen-bond acceptors (Lipinski definition) is 3. The number of ether oxygens (including phenoxy) is 1. The molecule has 0 saturated heterocycles.